The first-order valence-corrected chi connectivity index (χ1v) is 13.0. The first-order chi connectivity index (χ1) is 18.6. The molecule has 10 heteroatoms. The van der Waals surface area contributed by atoms with Crippen LogP contribution in [0.3, 0.4) is 0 Å². The van der Waals surface area contributed by atoms with Gasteiger partial charge in [0.2, 0.25) is 0 Å². The number of hydrogen-bond donors (Lipinski definition) is 0. The van der Waals surface area contributed by atoms with Gasteiger partial charge in [0.1, 0.15) is 40.1 Å². The van der Waals surface area contributed by atoms with E-state index in [9.17, 15) is 9.59 Å². The number of nitrogens with zero attached hydrogens (tertiary/aromatic N) is 3. The molecule has 1 saturated heterocycles. The summed E-state index contributed by atoms with van der Waals surface area (Å²) >= 11 is 6.84. The van der Waals surface area contributed by atoms with E-state index in [1.165, 1.54) is 19.2 Å². The molecule has 0 unspecified atom stereocenters. The second-order valence-electron chi connectivity index (χ2n) is 10.4. The Morgan fingerprint density at radius 1 is 1.08 bits per heavy atom. The van der Waals surface area contributed by atoms with Gasteiger partial charge in [-0.2, -0.15) is 0 Å². The Morgan fingerprint density at radius 2 is 1.82 bits per heavy atom. The molecule has 1 aromatic heterocycles. The molecule has 8 nitrogen and oxygen atoms in total. The zero-order chi connectivity index (χ0) is 27.9. The van der Waals surface area contributed by atoms with E-state index in [2.05, 4.69) is 0 Å². The second kappa shape index (κ2) is 10.4. The Morgan fingerprint density at radius 3 is 2.51 bits per heavy atom. The molecule has 0 radical (unpaired) electrons. The fraction of sp³-hybridized carbons (Fsp3) is 0.345. The third-order valence-corrected chi connectivity index (χ3v) is 6.95. The molecule has 204 valence electrons. The molecule has 2 amide bonds. The molecule has 5 rings (SSSR count). The quantitative estimate of drug-likeness (QED) is 0.416. The average molecular weight is 554 g/mol. The Hall–Kier alpha value is -3.85. The third-order valence-electron chi connectivity index (χ3n) is 6.60. The van der Waals surface area contributed by atoms with Crippen molar-refractivity contribution in [2.45, 2.75) is 32.4 Å². The van der Waals surface area contributed by atoms with Gasteiger partial charge in [-0.1, -0.05) is 48.0 Å². The number of carbonyl (C=O) groups excluding carboxylic acids is 2. The van der Waals surface area contributed by atoms with Crippen molar-refractivity contribution in [3.8, 4) is 34.0 Å². The van der Waals surface area contributed by atoms with Gasteiger partial charge in [-0.3, -0.25) is 4.79 Å². The molecule has 2 aromatic carbocycles. The number of ether oxygens (including phenoxy) is 3. The number of benzene rings is 2. The molecule has 0 N–H and O–H groups in total. The van der Waals surface area contributed by atoms with E-state index in [-0.39, 0.29) is 58.9 Å². The van der Waals surface area contributed by atoms with Crippen LogP contribution in [0.1, 0.15) is 31.1 Å². The van der Waals surface area contributed by atoms with Crippen LogP contribution in [0.15, 0.2) is 48.5 Å². The van der Waals surface area contributed by atoms with Crippen LogP contribution < -0.4 is 9.47 Å². The van der Waals surface area contributed by atoms with E-state index in [1.54, 1.807) is 36.6 Å². The van der Waals surface area contributed by atoms with Gasteiger partial charge in [0.15, 0.2) is 5.75 Å². The van der Waals surface area contributed by atoms with Crippen LogP contribution in [0.25, 0.3) is 22.5 Å². The maximum absolute atomic E-state index is 15.2. The highest BCUT2D eigenvalue weighted by Crippen LogP contribution is 2.46. The predicted molar refractivity (Wildman–Crippen MR) is 145 cm³/mol. The van der Waals surface area contributed by atoms with Gasteiger partial charge in [-0.15, -0.1) is 0 Å². The first-order valence-electron chi connectivity index (χ1n) is 12.6. The Balaban J connectivity index is 1.62. The smallest absolute Gasteiger partial charge is 0.410 e. The molecule has 3 heterocycles. The zero-order valence-electron chi connectivity index (χ0n) is 22.2. The van der Waals surface area contributed by atoms with Crippen LogP contribution >= 0.6 is 11.6 Å². The predicted octanol–water partition coefficient (Wildman–Crippen LogP) is 5.67. The number of amides is 2. The summed E-state index contributed by atoms with van der Waals surface area (Å²) in [4.78, 5) is 34.8. The van der Waals surface area contributed by atoms with E-state index >= 15 is 4.39 Å². The molecule has 1 fully saturated rings. The molecule has 3 aromatic rings. The number of aromatic nitrogens is 1. The number of carbonyl (C=O) groups is 2. The van der Waals surface area contributed by atoms with Crippen molar-refractivity contribution in [2.24, 2.45) is 0 Å². The highest BCUT2D eigenvalue weighted by Gasteiger charge is 2.41. The fourth-order valence-electron chi connectivity index (χ4n) is 4.83. The van der Waals surface area contributed by atoms with Crippen LogP contribution in [-0.4, -0.2) is 71.8 Å². The molecule has 39 heavy (non-hydrogen) atoms. The number of halogens is 2. The summed E-state index contributed by atoms with van der Waals surface area (Å²) in [7, 11) is 1.43. The lowest BCUT2D eigenvalue weighted by Gasteiger charge is -2.40. The average Bonchev–Trinajstić information content (AvgIpc) is 3.05. The normalized spacial score (nSPS) is 17.1. The van der Waals surface area contributed by atoms with Crippen LogP contribution in [-0.2, 0) is 4.74 Å². The van der Waals surface area contributed by atoms with Crippen LogP contribution in [0, 0.1) is 5.82 Å². The van der Waals surface area contributed by atoms with Crippen molar-refractivity contribution in [1.82, 2.24) is 14.8 Å². The molecule has 2 aliphatic heterocycles. The largest absolute Gasteiger partial charge is 0.496 e. The van der Waals surface area contributed by atoms with Crippen molar-refractivity contribution >= 4 is 23.6 Å². The van der Waals surface area contributed by atoms with Crippen molar-refractivity contribution in [1.29, 1.82) is 0 Å². The van der Waals surface area contributed by atoms with E-state index in [1.807, 2.05) is 30.3 Å². The summed E-state index contributed by atoms with van der Waals surface area (Å²) < 4.78 is 32.3. The summed E-state index contributed by atoms with van der Waals surface area (Å²) in [5.74, 6) is -0.535. The van der Waals surface area contributed by atoms with Gasteiger partial charge < -0.3 is 24.0 Å². The first kappa shape index (κ1) is 26.7. The fourth-order valence-corrected chi connectivity index (χ4v) is 5.12. The van der Waals surface area contributed by atoms with Crippen LogP contribution in [0.4, 0.5) is 9.18 Å². The minimum absolute atomic E-state index is 0.00489. The topological polar surface area (TPSA) is 81.2 Å². The minimum atomic E-state index is -0.645. The lowest BCUT2D eigenvalue weighted by molar-refractivity contribution is 0.000957. The number of rotatable bonds is 3. The number of fused-ring (bicyclic) bond motifs is 2. The van der Waals surface area contributed by atoms with Gasteiger partial charge in [0, 0.05) is 25.2 Å². The van der Waals surface area contributed by atoms with Crippen molar-refractivity contribution < 1.29 is 28.2 Å². The van der Waals surface area contributed by atoms with Gasteiger partial charge >= 0.3 is 6.09 Å². The second-order valence-corrected chi connectivity index (χ2v) is 10.8. The number of methoxy groups -OCH3 is 1. The van der Waals surface area contributed by atoms with Gasteiger partial charge in [0.25, 0.3) is 5.91 Å². The van der Waals surface area contributed by atoms with Gasteiger partial charge in [-0.25, -0.2) is 14.2 Å². The van der Waals surface area contributed by atoms with Crippen molar-refractivity contribution in [2.75, 3.05) is 33.4 Å². The molecule has 0 bridgehead atoms. The highest BCUT2D eigenvalue weighted by molar-refractivity contribution is 6.35. The molecule has 2 aliphatic rings. The lowest BCUT2D eigenvalue weighted by Crippen LogP contribution is -2.58. The third kappa shape index (κ3) is 5.11. The van der Waals surface area contributed by atoms with Gasteiger partial charge in [0.05, 0.1) is 24.4 Å². The Labute approximate surface area is 231 Å². The summed E-state index contributed by atoms with van der Waals surface area (Å²) in [5, 5.41) is 0.00489. The number of pyridine rings is 1. The Bertz CT molecular complexity index is 1430. The van der Waals surface area contributed by atoms with E-state index in [4.69, 9.17) is 30.8 Å². The minimum Gasteiger partial charge on any atom is -0.496 e. The van der Waals surface area contributed by atoms with E-state index in [0.29, 0.717) is 17.8 Å². The molecule has 0 aliphatic carbocycles. The standard InChI is InChI=1S/C29H29ClFN3O5/c1-29(2,3)39-28(36)33-13-14-34-18(15-33)16-38-26-22(27(34)35)24(17-9-6-5-7-10-17)32-25(23(26)30)21-19(31)11-8-12-20(21)37-4/h5-12,18H,13-16H2,1-4H3/t18-/m1/s1. The Kier molecular flexibility index (Phi) is 7.11. The SMILES string of the molecule is COc1cccc(F)c1-c1nc(-c2ccccc2)c2c(c1Cl)OC[C@H]1CN(C(=O)OC(C)(C)C)CCN1C2=O. The molecule has 0 saturated carbocycles. The summed E-state index contributed by atoms with van der Waals surface area (Å²) in [6.07, 6.45) is -0.449. The lowest BCUT2D eigenvalue weighted by atomic mass is 10.00. The highest BCUT2D eigenvalue weighted by atomic mass is 35.5. The molecule has 1 atom stereocenters. The maximum atomic E-state index is 15.2. The summed E-state index contributed by atoms with van der Waals surface area (Å²) in [6.45, 7) is 6.30. The molecule has 0 spiro atoms. The van der Waals surface area contributed by atoms with Crippen LogP contribution in [0.2, 0.25) is 5.02 Å². The molecular weight excluding hydrogens is 525 g/mol. The molecular formula is C29H29ClFN3O5. The number of piperazine rings is 1. The monoisotopic (exact) mass is 553 g/mol. The zero-order valence-corrected chi connectivity index (χ0v) is 22.9. The number of hydrogen-bond acceptors (Lipinski definition) is 6. The van der Waals surface area contributed by atoms with Crippen molar-refractivity contribution in [3.05, 3.63) is 64.9 Å². The maximum Gasteiger partial charge on any atom is 0.410 e. The summed E-state index contributed by atoms with van der Waals surface area (Å²) in [6, 6.07) is 13.1. The van der Waals surface area contributed by atoms with Crippen LogP contribution in [0.5, 0.6) is 11.5 Å². The van der Waals surface area contributed by atoms with E-state index in [0.717, 1.165) is 0 Å². The van der Waals surface area contributed by atoms with E-state index < -0.39 is 23.6 Å². The summed E-state index contributed by atoms with van der Waals surface area (Å²) in [5.41, 5.74) is 0.680. The van der Waals surface area contributed by atoms with Gasteiger partial charge in [-0.05, 0) is 32.9 Å². The van der Waals surface area contributed by atoms with Crippen molar-refractivity contribution in [3.63, 3.8) is 0 Å².